The largest absolute Gasteiger partial charge is 0.255 e. The monoisotopic (exact) mass is 128 g/mol. The van der Waals surface area contributed by atoms with E-state index in [0.29, 0.717) is 5.41 Å². The summed E-state index contributed by atoms with van der Waals surface area (Å²) in [6.07, 6.45) is 1.29. The molecule has 0 aliphatic carbocycles. The molecule has 0 aromatic rings. The lowest BCUT2D eigenvalue weighted by atomic mass is 9.88. The van der Waals surface area contributed by atoms with Crippen molar-refractivity contribution in [2.75, 3.05) is 20.1 Å². The number of nitrogens with zero attached hydrogens (tertiary/aromatic N) is 1. The maximum absolute atomic E-state index is 3.27. The lowest BCUT2D eigenvalue weighted by Gasteiger charge is -2.36. The van der Waals surface area contributed by atoms with Crippen LogP contribution in [0.25, 0.3) is 0 Å². The van der Waals surface area contributed by atoms with Gasteiger partial charge in [0.05, 0.1) is 0 Å². The van der Waals surface area contributed by atoms with Crippen molar-refractivity contribution in [3.8, 4) is 0 Å². The van der Waals surface area contributed by atoms with Crippen molar-refractivity contribution in [2.24, 2.45) is 5.41 Å². The SMILES string of the molecule is CN1CC(C)(C)CCN1. The van der Waals surface area contributed by atoms with E-state index < -0.39 is 0 Å². The molecule has 0 aromatic heterocycles. The predicted octanol–water partition coefficient (Wildman–Crippen LogP) is 0.853. The molecule has 2 heteroatoms. The summed E-state index contributed by atoms with van der Waals surface area (Å²) in [6, 6.07) is 0. The Hall–Kier alpha value is -0.0800. The molecule has 1 rings (SSSR count). The van der Waals surface area contributed by atoms with Crippen molar-refractivity contribution in [2.45, 2.75) is 20.3 Å². The summed E-state index contributed by atoms with van der Waals surface area (Å²) < 4.78 is 0. The van der Waals surface area contributed by atoms with Gasteiger partial charge in [0.2, 0.25) is 0 Å². The van der Waals surface area contributed by atoms with Crippen molar-refractivity contribution in [3.63, 3.8) is 0 Å². The Balaban J connectivity index is 2.41. The molecular weight excluding hydrogens is 112 g/mol. The maximum atomic E-state index is 3.27. The molecule has 2 nitrogen and oxygen atoms in total. The second-order valence-corrected chi connectivity index (χ2v) is 3.68. The van der Waals surface area contributed by atoms with Crippen molar-refractivity contribution < 1.29 is 0 Å². The van der Waals surface area contributed by atoms with Crippen LogP contribution in [0.3, 0.4) is 0 Å². The number of hydrogen-bond donors (Lipinski definition) is 1. The number of hydrazine groups is 1. The van der Waals surface area contributed by atoms with E-state index in [1.807, 2.05) is 0 Å². The average molecular weight is 128 g/mol. The molecule has 0 aromatic carbocycles. The van der Waals surface area contributed by atoms with Crippen LogP contribution >= 0.6 is 0 Å². The summed E-state index contributed by atoms with van der Waals surface area (Å²) in [6.45, 7) is 6.91. The highest BCUT2D eigenvalue weighted by Gasteiger charge is 2.23. The Bertz CT molecular complexity index is 99.1. The van der Waals surface area contributed by atoms with E-state index in [1.165, 1.54) is 6.42 Å². The summed E-state index contributed by atoms with van der Waals surface area (Å²) in [4.78, 5) is 0. The quantitative estimate of drug-likeness (QED) is 0.520. The third-order valence-corrected chi connectivity index (χ3v) is 1.85. The molecule has 0 radical (unpaired) electrons. The highest BCUT2D eigenvalue weighted by Crippen LogP contribution is 2.22. The Morgan fingerprint density at radius 3 is 2.44 bits per heavy atom. The van der Waals surface area contributed by atoms with Gasteiger partial charge in [-0.3, -0.25) is 5.43 Å². The van der Waals surface area contributed by atoms with Crippen LogP contribution in [0, 0.1) is 5.41 Å². The standard InChI is InChI=1S/C7H16N2/c1-7(2)4-5-8-9(3)6-7/h8H,4-6H2,1-3H3. The van der Waals surface area contributed by atoms with Crippen LogP contribution in [-0.4, -0.2) is 25.1 Å². The number of nitrogens with one attached hydrogen (secondary N) is 1. The van der Waals surface area contributed by atoms with Gasteiger partial charge in [-0.2, -0.15) is 0 Å². The second kappa shape index (κ2) is 2.27. The van der Waals surface area contributed by atoms with Crippen LogP contribution in [0.15, 0.2) is 0 Å². The van der Waals surface area contributed by atoms with Gasteiger partial charge in [-0.1, -0.05) is 13.8 Å². The van der Waals surface area contributed by atoms with Gasteiger partial charge in [0.25, 0.3) is 0 Å². The molecule has 1 fully saturated rings. The topological polar surface area (TPSA) is 15.3 Å². The van der Waals surface area contributed by atoms with Gasteiger partial charge in [-0.05, 0) is 11.8 Å². The first-order valence-electron chi connectivity index (χ1n) is 3.55. The van der Waals surface area contributed by atoms with Gasteiger partial charge in [0.1, 0.15) is 0 Å². The van der Waals surface area contributed by atoms with Gasteiger partial charge in [0, 0.05) is 20.1 Å². The summed E-state index contributed by atoms with van der Waals surface area (Å²) in [5.41, 5.74) is 3.78. The molecule has 54 valence electrons. The smallest absolute Gasteiger partial charge is 0.0179 e. The normalized spacial score (nSPS) is 28.3. The number of rotatable bonds is 0. The zero-order valence-electron chi connectivity index (χ0n) is 6.57. The molecule has 0 spiro atoms. The summed E-state index contributed by atoms with van der Waals surface area (Å²) >= 11 is 0. The molecule has 0 bridgehead atoms. The van der Waals surface area contributed by atoms with Crippen LogP contribution < -0.4 is 5.43 Å². The van der Waals surface area contributed by atoms with Gasteiger partial charge in [-0.25, -0.2) is 5.01 Å². The van der Waals surface area contributed by atoms with Gasteiger partial charge in [-0.15, -0.1) is 0 Å². The average Bonchev–Trinajstić information content (AvgIpc) is 1.60. The van der Waals surface area contributed by atoms with E-state index in [0.717, 1.165) is 13.1 Å². The third kappa shape index (κ3) is 1.95. The van der Waals surface area contributed by atoms with Gasteiger partial charge in [0.15, 0.2) is 0 Å². The lowest BCUT2D eigenvalue weighted by molar-refractivity contribution is 0.0937. The molecule has 0 amide bonds. The van der Waals surface area contributed by atoms with Crippen LogP contribution in [-0.2, 0) is 0 Å². The first-order chi connectivity index (χ1) is 4.10. The highest BCUT2D eigenvalue weighted by atomic mass is 15.5. The lowest BCUT2D eigenvalue weighted by Crippen LogP contribution is -2.47. The minimum absolute atomic E-state index is 0.514. The summed E-state index contributed by atoms with van der Waals surface area (Å²) in [5, 5.41) is 2.17. The minimum Gasteiger partial charge on any atom is -0.255 e. The Morgan fingerprint density at radius 1 is 1.44 bits per heavy atom. The van der Waals surface area contributed by atoms with E-state index in [2.05, 4.69) is 31.3 Å². The Kier molecular flexibility index (Phi) is 1.78. The fraction of sp³-hybridized carbons (Fsp3) is 1.00. The molecule has 1 aliphatic heterocycles. The Morgan fingerprint density at radius 2 is 2.11 bits per heavy atom. The third-order valence-electron chi connectivity index (χ3n) is 1.85. The second-order valence-electron chi connectivity index (χ2n) is 3.68. The summed E-state index contributed by atoms with van der Waals surface area (Å²) in [5.74, 6) is 0. The zero-order chi connectivity index (χ0) is 6.91. The van der Waals surface area contributed by atoms with E-state index >= 15 is 0 Å². The predicted molar refractivity (Wildman–Crippen MR) is 39.0 cm³/mol. The molecule has 9 heavy (non-hydrogen) atoms. The van der Waals surface area contributed by atoms with Crippen LogP contribution in [0.5, 0.6) is 0 Å². The highest BCUT2D eigenvalue weighted by molar-refractivity contribution is 4.75. The molecule has 1 saturated heterocycles. The molecule has 0 unspecified atom stereocenters. The molecular formula is C7H16N2. The maximum Gasteiger partial charge on any atom is 0.0179 e. The molecule has 1 heterocycles. The van der Waals surface area contributed by atoms with Crippen LogP contribution in [0.1, 0.15) is 20.3 Å². The molecule has 0 atom stereocenters. The minimum atomic E-state index is 0.514. The van der Waals surface area contributed by atoms with E-state index in [1.54, 1.807) is 0 Å². The Labute approximate surface area is 57.2 Å². The fourth-order valence-electron chi connectivity index (χ4n) is 1.36. The number of hydrogen-bond acceptors (Lipinski definition) is 2. The first-order valence-corrected chi connectivity index (χ1v) is 3.55. The molecule has 1 N–H and O–H groups in total. The van der Waals surface area contributed by atoms with Crippen molar-refractivity contribution in [3.05, 3.63) is 0 Å². The molecule has 0 saturated carbocycles. The van der Waals surface area contributed by atoms with Crippen molar-refractivity contribution >= 4 is 0 Å². The van der Waals surface area contributed by atoms with Gasteiger partial charge < -0.3 is 0 Å². The van der Waals surface area contributed by atoms with E-state index in [9.17, 15) is 0 Å². The van der Waals surface area contributed by atoms with Crippen molar-refractivity contribution in [1.82, 2.24) is 10.4 Å². The van der Waals surface area contributed by atoms with E-state index in [4.69, 9.17) is 0 Å². The first kappa shape index (κ1) is 7.03. The van der Waals surface area contributed by atoms with Gasteiger partial charge >= 0.3 is 0 Å². The van der Waals surface area contributed by atoms with Crippen LogP contribution in [0.4, 0.5) is 0 Å². The molecule has 1 aliphatic rings. The van der Waals surface area contributed by atoms with E-state index in [-0.39, 0.29) is 0 Å². The fourth-order valence-corrected chi connectivity index (χ4v) is 1.36. The van der Waals surface area contributed by atoms with Crippen molar-refractivity contribution in [1.29, 1.82) is 0 Å². The zero-order valence-corrected chi connectivity index (χ0v) is 6.57. The summed E-state index contributed by atoms with van der Waals surface area (Å²) in [7, 11) is 2.10. The van der Waals surface area contributed by atoms with Crippen LogP contribution in [0.2, 0.25) is 0 Å².